The highest BCUT2D eigenvalue weighted by atomic mass is 35.5. The van der Waals surface area contributed by atoms with Crippen LogP contribution in [0.3, 0.4) is 0 Å². The Hall–Kier alpha value is -0.630. The number of aliphatic imine (C=N–C) groups is 1. The molecular weight excluding hydrogens is 148 g/mol. The molecule has 10 heavy (non-hydrogen) atoms. The molecule has 0 fully saturated rings. The minimum atomic E-state index is -0.207. The van der Waals surface area contributed by atoms with Crippen LogP contribution in [-0.2, 0) is 0 Å². The molecule has 0 radical (unpaired) electrons. The second-order valence-electron chi connectivity index (χ2n) is 2.14. The first-order valence-electron chi connectivity index (χ1n) is 3.22. The molecule has 1 aliphatic rings. The topological polar surface area (TPSA) is 36.2 Å². The maximum absolute atomic E-state index is 7.27. The van der Waals surface area contributed by atoms with E-state index >= 15 is 0 Å². The number of alkyl halides is 1. The molecule has 1 unspecified atom stereocenters. The molecular formula is C7H9ClN2. The van der Waals surface area contributed by atoms with Crippen molar-refractivity contribution in [3.63, 3.8) is 0 Å². The molecule has 0 bridgehead atoms. The van der Waals surface area contributed by atoms with Crippen molar-refractivity contribution in [1.29, 1.82) is 5.41 Å². The fourth-order valence-corrected chi connectivity index (χ4v) is 0.923. The van der Waals surface area contributed by atoms with Crippen molar-refractivity contribution in [2.75, 3.05) is 0 Å². The van der Waals surface area contributed by atoms with Gasteiger partial charge in [-0.1, -0.05) is 6.08 Å². The quantitative estimate of drug-likeness (QED) is 0.521. The van der Waals surface area contributed by atoms with E-state index in [1.807, 2.05) is 12.2 Å². The lowest BCUT2D eigenvalue weighted by molar-refractivity contribution is 0.889. The van der Waals surface area contributed by atoms with Crippen molar-refractivity contribution in [3.8, 4) is 0 Å². The van der Waals surface area contributed by atoms with E-state index in [0.29, 0.717) is 0 Å². The number of rotatable bonds is 0. The van der Waals surface area contributed by atoms with Crippen molar-refractivity contribution in [2.45, 2.75) is 18.2 Å². The number of nitrogens with zero attached hydrogens (tertiary/aromatic N) is 1. The highest BCUT2D eigenvalue weighted by molar-refractivity contribution is 6.31. The molecule has 0 amide bonds. The first-order chi connectivity index (χ1) is 4.80. The van der Waals surface area contributed by atoms with Crippen molar-refractivity contribution in [1.82, 2.24) is 0 Å². The summed E-state index contributed by atoms with van der Waals surface area (Å²) in [7, 11) is 0. The Morgan fingerprint density at radius 1 is 1.70 bits per heavy atom. The van der Waals surface area contributed by atoms with E-state index in [-0.39, 0.29) is 11.2 Å². The second kappa shape index (κ2) is 3.52. The molecule has 0 aliphatic carbocycles. The highest BCUT2D eigenvalue weighted by Gasteiger charge is 2.08. The van der Waals surface area contributed by atoms with Crippen LogP contribution in [0.25, 0.3) is 0 Å². The molecule has 0 aromatic heterocycles. The van der Waals surface area contributed by atoms with Crippen LogP contribution in [0.15, 0.2) is 17.1 Å². The van der Waals surface area contributed by atoms with Gasteiger partial charge in [0, 0.05) is 6.21 Å². The van der Waals surface area contributed by atoms with Gasteiger partial charge in [-0.15, -0.1) is 11.6 Å². The molecule has 3 heteroatoms. The van der Waals surface area contributed by atoms with Gasteiger partial charge in [-0.2, -0.15) is 0 Å². The fourth-order valence-electron chi connectivity index (χ4n) is 0.741. The largest absolute Gasteiger partial charge is 0.285 e. The Bertz CT molecular complexity index is 184. The van der Waals surface area contributed by atoms with Crippen LogP contribution in [0.5, 0.6) is 0 Å². The SMILES string of the molecule is N=C1N=C/C=C\CCC1Cl. The molecule has 0 aromatic carbocycles. The molecule has 1 atom stereocenters. The van der Waals surface area contributed by atoms with Gasteiger partial charge in [0.15, 0.2) is 0 Å². The fraction of sp³-hybridized carbons (Fsp3) is 0.429. The van der Waals surface area contributed by atoms with Crippen LogP contribution in [0.4, 0.5) is 0 Å². The van der Waals surface area contributed by atoms with E-state index < -0.39 is 0 Å². The molecule has 0 spiro atoms. The van der Waals surface area contributed by atoms with E-state index in [9.17, 15) is 0 Å². The predicted molar refractivity (Wildman–Crippen MR) is 44.2 cm³/mol. The van der Waals surface area contributed by atoms with Crippen LogP contribution in [0.2, 0.25) is 0 Å². The van der Waals surface area contributed by atoms with E-state index in [2.05, 4.69) is 4.99 Å². The maximum atomic E-state index is 7.27. The smallest absolute Gasteiger partial charge is 0.138 e. The zero-order valence-corrected chi connectivity index (χ0v) is 6.30. The summed E-state index contributed by atoms with van der Waals surface area (Å²) in [5.74, 6) is 0.269. The van der Waals surface area contributed by atoms with Crippen LogP contribution in [-0.4, -0.2) is 17.4 Å². The lowest BCUT2D eigenvalue weighted by atomic mass is 10.2. The summed E-state index contributed by atoms with van der Waals surface area (Å²) < 4.78 is 0. The van der Waals surface area contributed by atoms with E-state index in [4.69, 9.17) is 17.0 Å². The lowest BCUT2D eigenvalue weighted by Crippen LogP contribution is -2.11. The molecule has 0 aromatic rings. The van der Waals surface area contributed by atoms with Crippen molar-refractivity contribution >= 4 is 23.7 Å². The molecule has 1 aliphatic heterocycles. The summed E-state index contributed by atoms with van der Waals surface area (Å²) in [6.07, 6.45) is 7.20. The normalized spacial score (nSPS) is 29.3. The van der Waals surface area contributed by atoms with Crippen LogP contribution < -0.4 is 0 Å². The molecule has 1 rings (SSSR count). The Balaban J connectivity index is 2.64. The number of nitrogens with one attached hydrogen (secondary N) is 1. The Kier molecular flexibility index (Phi) is 2.63. The number of allylic oxidation sites excluding steroid dienone is 2. The minimum Gasteiger partial charge on any atom is -0.285 e. The molecule has 1 heterocycles. The van der Waals surface area contributed by atoms with Gasteiger partial charge < -0.3 is 0 Å². The van der Waals surface area contributed by atoms with E-state index in [1.165, 1.54) is 0 Å². The van der Waals surface area contributed by atoms with Crippen molar-refractivity contribution < 1.29 is 0 Å². The van der Waals surface area contributed by atoms with Gasteiger partial charge in [-0.25, -0.2) is 4.99 Å². The summed E-state index contributed by atoms with van der Waals surface area (Å²) in [6.45, 7) is 0. The third-order valence-corrected chi connectivity index (χ3v) is 1.74. The number of halogens is 1. The molecule has 0 saturated heterocycles. The minimum absolute atomic E-state index is 0.207. The van der Waals surface area contributed by atoms with E-state index in [1.54, 1.807) is 6.21 Å². The summed E-state index contributed by atoms with van der Waals surface area (Å²) in [4.78, 5) is 3.80. The molecule has 2 nitrogen and oxygen atoms in total. The van der Waals surface area contributed by atoms with Crippen molar-refractivity contribution in [3.05, 3.63) is 12.2 Å². The number of amidine groups is 1. The summed E-state index contributed by atoms with van der Waals surface area (Å²) in [5.41, 5.74) is 0. The monoisotopic (exact) mass is 156 g/mol. The zero-order chi connectivity index (χ0) is 7.40. The summed E-state index contributed by atoms with van der Waals surface area (Å²) in [6, 6.07) is 0. The molecule has 1 N–H and O–H groups in total. The van der Waals surface area contributed by atoms with Gasteiger partial charge in [0.1, 0.15) is 5.84 Å². The number of hydrogen-bond acceptors (Lipinski definition) is 1. The molecule has 54 valence electrons. The third-order valence-electron chi connectivity index (χ3n) is 1.32. The summed E-state index contributed by atoms with van der Waals surface area (Å²) in [5, 5.41) is 7.06. The standard InChI is InChI=1S/C7H9ClN2/c8-6-4-2-1-3-5-10-7(6)9/h1,3,5-6,9H,2,4H2/b3-1-,9-7?,10-5?. The van der Waals surface area contributed by atoms with Gasteiger partial charge in [0.25, 0.3) is 0 Å². The first kappa shape index (κ1) is 7.48. The zero-order valence-electron chi connectivity index (χ0n) is 5.55. The first-order valence-corrected chi connectivity index (χ1v) is 3.66. The lowest BCUT2D eigenvalue weighted by Gasteiger charge is -2.05. The Labute approximate surface area is 65.1 Å². The average Bonchev–Trinajstić information content (AvgIpc) is 1.92. The Morgan fingerprint density at radius 2 is 2.50 bits per heavy atom. The highest BCUT2D eigenvalue weighted by Crippen LogP contribution is 2.09. The van der Waals surface area contributed by atoms with Crippen LogP contribution in [0, 0.1) is 5.41 Å². The van der Waals surface area contributed by atoms with Gasteiger partial charge in [-0.3, -0.25) is 5.41 Å². The predicted octanol–water partition coefficient (Wildman–Crippen LogP) is 1.99. The van der Waals surface area contributed by atoms with Crippen molar-refractivity contribution in [2.24, 2.45) is 4.99 Å². The average molecular weight is 157 g/mol. The summed E-state index contributed by atoms with van der Waals surface area (Å²) >= 11 is 5.77. The molecule has 0 saturated carbocycles. The Morgan fingerprint density at radius 3 is 3.30 bits per heavy atom. The van der Waals surface area contributed by atoms with Gasteiger partial charge >= 0.3 is 0 Å². The second-order valence-corrected chi connectivity index (χ2v) is 2.66. The van der Waals surface area contributed by atoms with Crippen LogP contribution >= 0.6 is 11.6 Å². The third kappa shape index (κ3) is 1.95. The van der Waals surface area contributed by atoms with Crippen LogP contribution in [0.1, 0.15) is 12.8 Å². The maximum Gasteiger partial charge on any atom is 0.138 e. The van der Waals surface area contributed by atoms with Gasteiger partial charge in [0.2, 0.25) is 0 Å². The van der Waals surface area contributed by atoms with Gasteiger partial charge in [0.05, 0.1) is 5.38 Å². The number of hydrogen-bond donors (Lipinski definition) is 1. The van der Waals surface area contributed by atoms with Gasteiger partial charge in [-0.05, 0) is 18.9 Å². The van der Waals surface area contributed by atoms with E-state index in [0.717, 1.165) is 12.8 Å².